The van der Waals surface area contributed by atoms with E-state index in [1.165, 1.54) is 16.9 Å². The van der Waals surface area contributed by atoms with Gasteiger partial charge in [0, 0.05) is 18.8 Å². The summed E-state index contributed by atoms with van der Waals surface area (Å²) in [6.07, 6.45) is 1.79. The van der Waals surface area contributed by atoms with Crippen LogP contribution in [0.5, 0.6) is 5.75 Å². The monoisotopic (exact) mass is 341 g/mol. The van der Waals surface area contributed by atoms with Crippen LogP contribution in [-0.4, -0.2) is 15.7 Å². The molecular weight excluding hydrogens is 322 g/mol. The molecule has 124 valence electrons. The van der Waals surface area contributed by atoms with Gasteiger partial charge in [-0.15, -0.1) is 11.3 Å². The first-order chi connectivity index (χ1) is 11.5. The molecule has 0 fully saturated rings. The van der Waals surface area contributed by atoms with E-state index >= 15 is 0 Å². The fourth-order valence-electron chi connectivity index (χ4n) is 2.28. The molecule has 0 saturated heterocycles. The zero-order chi connectivity index (χ0) is 17.1. The van der Waals surface area contributed by atoms with E-state index in [0.29, 0.717) is 11.5 Å². The largest absolute Gasteiger partial charge is 0.489 e. The van der Waals surface area contributed by atoms with Crippen molar-refractivity contribution in [2.75, 3.05) is 5.32 Å². The number of hydrogen-bond donors (Lipinski definition) is 1. The summed E-state index contributed by atoms with van der Waals surface area (Å²) in [6.45, 7) is 4.35. The summed E-state index contributed by atoms with van der Waals surface area (Å²) in [6, 6.07) is 9.77. The summed E-state index contributed by atoms with van der Waals surface area (Å²) in [7, 11) is 1.83. The van der Waals surface area contributed by atoms with Gasteiger partial charge in [-0.05, 0) is 37.4 Å². The molecule has 24 heavy (non-hydrogen) atoms. The number of aromatic nitrogens is 2. The van der Waals surface area contributed by atoms with Crippen molar-refractivity contribution in [1.29, 1.82) is 0 Å². The van der Waals surface area contributed by atoms with Gasteiger partial charge in [0.25, 0.3) is 5.91 Å². The van der Waals surface area contributed by atoms with E-state index in [2.05, 4.69) is 10.4 Å². The van der Waals surface area contributed by atoms with E-state index in [1.807, 2.05) is 56.6 Å². The first kappa shape index (κ1) is 16.3. The van der Waals surface area contributed by atoms with Gasteiger partial charge in [0.05, 0.1) is 16.3 Å². The van der Waals surface area contributed by atoms with Gasteiger partial charge < -0.3 is 10.1 Å². The van der Waals surface area contributed by atoms with Gasteiger partial charge >= 0.3 is 0 Å². The van der Waals surface area contributed by atoms with Gasteiger partial charge in [-0.1, -0.05) is 17.7 Å². The van der Waals surface area contributed by atoms with Crippen LogP contribution in [0.3, 0.4) is 0 Å². The van der Waals surface area contributed by atoms with Crippen LogP contribution in [0.15, 0.2) is 41.9 Å². The van der Waals surface area contributed by atoms with Gasteiger partial charge in [0.1, 0.15) is 12.4 Å². The zero-order valence-electron chi connectivity index (χ0n) is 13.9. The van der Waals surface area contributed by atoms with Crippen molar-refractivity contribution in [3.8, 4) is 5.75 Å². The maximum Gasteiger partial charge on any atom is 0.265 e. The number of hydrogen-bond acceptors (Lipinski definition) is 4. The fourth-order valence-corrected chi connectivity index (χ4v) is 3.07. The van der Waals surface area contributed by atoms with Crippen LogP contribution >= 0.6 is 11.3 Å². The highest BCUT2D eigenvalue weighted by Crippen LogP contribution is 2.20. The van der Waals surface area contributed by atoms with Crippen LogP contribution in [0, 0.1) is 13.8 Å². The van der Waals surface area contributed by atoms with Crippen molar-refractivity contribution in [3.63, 3.8) is 0 Å². The number of nitrogens with one attached hydrogen (secondary N) is 1. The van der Waals surface area contributed by atoms with E-state index in [0.717, 1.165) is 22.7 Å². The number of amides is 1. The Hall–Kier alpha value is -2.60. The molecular formula is C18H19N3O2S. The highest BCUT2D eigenvalue weighted by molar-refractivity contribution is 7.12. The van der Waals surface area contributed by atoms with Crippen molar-refractivity contribution >= 4 is 22.9 Å². The Labute approximate surface area is 144 Å². The molecule has 0 unspecified atom stereocenters. The van der Waals surface area contributed by atoms with Gasteiger partial charge in [-0.3, -0.25) is 9.48 Å². The third kappa shape index (κ3) is 3.83. The average molecular weight is 341 g/mol. The number of carbonyl (C=O) groups is 1. The standard InChI is InChI=1S/C18H19N3O2S/c1-12-4-6-15(7-5-12)23-10-14-8-17(24-11-14)18(22)19-16-9-21(3)20-13(16)2/h4-9,11H,10H2,1-3H3,(H,19,22). The van der Waals surface area contributed by atoms with E-state index in [1.54, 1.807) is 10.9 Å². The molecule has 0 saturated carbocycles. The zero-order valence-corrected chi connectivity index (χ0v) is 14.7. The number of rotatable bonds is 5. The summed E-state index contributed by atoms with van der Waals surface area (Å²) in [4.78, 5) is 13.0. The number of anilines is 1. The lowest BCUT2D eigenvalue weighted by Crippen LogP contribution is -2.10. The number of carbonyl (C=O) groups excluding carboxylic acids is 1. The third-order valence-corrected chi connectivity index (χ3v) is 4.54. The van der Waals surface area contributed by atoms with Crippen molar-refractivity contribution in [2.45, 2.75) is 20.5 Å². The lowest BCUT2D eigenvalue weighted by Gasteiger charge is -2.04. The summed E-state index contributed by atoms with van der Waals surface area (Å²) in [5.41, 5.74) is 3.70. The van der Waals surface area contributed by atoms with E-state index < -0.39 is 0 Å². The second-order valence-electron chi connectivity index (χ2n) is 5.68. The third-order valence-electron chi connectivity index (χ3n) is 3.57. The molecule has 0 aliphatic heterocycles. The van der Waals surface area contributed by atoms with Crippen molar-refractivity contribution < 1.29 is 9.53 Å². The highest BCUT2D eigenvalue weighted by atomic mass is 32.1. The molecule has 3 rings (SSSR count). The number of nitrogens with zero attached hydrogens (tertiary/aromatic N) is 2. The topological polar surface area (TPSA) is 56.1 Å². The molecule has 0 atom stereocenters. The first-order valence-corrected chi connectivity index (χ1v) is 8.48. The molecule has 6 heteroatoms. The molecule has 2 heterocycles. The molecule has 3 aromatic rings. The highest BCUT2D eigenvalue weighted by Gasteiger charge is 2.12. The summed E-state index contributed by atoms with van der Waals surface area (Å²) < 4.78 is 7.42. The summed E-state index contributed by atoms with van der Waals surface area (Å²) >= 11 is 1.41. The SMILES string of the molecule is Cc1ccc(OCc2csc(C(=O)Nc3cn(C)nc3C)c2)cc1. The van der Waals surface area contributed by atoms with Crippen LogP contribution in [0.25, 0.3) is 0 Å². The minimum atomic E-state index is -0.127. The van der Waals surface area contributed by atoms with Crippen LogP contribution in [-0.2, 0) is 13.7 Å². The first-order valence-electron chi connectivity index (χ1n) is 7.60. The second kappa shape index (κ2) is 6.88. The quantitative estimate of drug-likeness (QED) is 0.765. The number of benzene rings is 1. The summed E-state index contributed by atoms with van der Waals surface area (Å²) in [5.74, 6) is 0.696. The Morgan fingerprint density at radius 2 is 2.04 bits per heavy atom. The van der Waals surface area contributed by atoms with Gasteiger partial charge in [-0.2, -0.15) is 5.10 Å². The molecule has 0 aliphatic carbocycles. The second-order valence-corrected chi connectivity index (χ2v) is 6.59. The maximum atomic E-state index is 12.3. The maximum absolute atomic E-state index is 12.3. The molecule has 1 aromatic carbocycles. The number of thiophene rings is 1. The molecule has 0 radical (unpaired) electrons. The Morgan fingerprint density at radius 1 is 1.29 bits per heavy atom. The lowest BCUT2D eigenvalue weighted by atomic mass is 10.2. The molecule has 0 spiro atoms. The molecule has 5 nitrogen and oxygen atoms in total. The summed E-state index contributed by atoms with van der Waals surface area (Å²) in [5, 5.41) is 9.05. The average Bonchev–Trinajstić information content (AvgIpc) is 3.14. The smallest absolute Gasteiger partial charge is 0.265 e. The lowest BCUT2D eigenvalue weighted by molar-refractivity contribution is 0.103. The Bertz CT molecular complexity index is 850. The van der Waals surface area contributed by atoms with Crippen LogP contribution in [0.4, 0.5) is 5.69 Å². The fraction of sp³-hybridized carbons (Fsp3) is 0.222. The van der Waals surface area contributed by atoms with Crippen molar-refractivity contribution in [2.24, 2.45) is 7.05 Å². The molecule has 1 N–H and O–H groups in total. The van der Waals surface area contributed by atoms with Gasteiger partial charge in [0.15, 0.2) is 0 Å². The number of aryl methyl sites for hydroxylation is 3. The van der Waals surface area contributed by atoms with Crippen molar-refractivity contribution in [3.05, 3.63) is 63.6 Å². The van der Waals surface area contributed by atoms with Crippen molar-refractivity contribution in [1.82, 2.24) is 9.78 Å². The predicted molar refractivity (Wildman–Crippen MR) is 95.7 cm³/mol. The van der Waals surface area contributed by atoms with Crippen LogP contribution in [0.2, 0.25) is 0 Å². The Kier molecular flexibility index (Phi) is 4.66. The molecule has 2 aromatic heterocycles. The Balaban J connectivity index is 1.61. The molecule has 0 aliphatic rings. The molecule has 1 amide bonds. The van der Waals surface area contributed by atoms with E-state index in [9.17, 15) is 4.79 Å². The van der Waals surface area contributed by atoms with Crippen LogP contribution < -0.4 is 10.1 Å². The van der Waals surface area contributed by atoms with Gasteiger partial charge in [0.2, 0.25) is 0 Å². The van der Waals surface area contributed by atoms with Gasteiger partial charge in [-0.25, -0.2) is 0 Å². The predicted octanol–water partition coefficient (Wildman–Crippen LogP) is 3.93. The minimum Gasteiger partial charge on any atom is -0.489 e. The molecule has 0 bridgehead atoms. The van der Waals surface area contributed by atoms with E-state index in [4.69, 9.17) is 4.74 Å². The minimum absolute atomic E-state index is 0.127. The Morgan fingerprint density at radius 3 is 2.71 bits per heavy atom. The normalized spacial score (nSPS) is 10.6. The van der Waals surface area contributed by atoms with Crippen LogP contribution in [0.1, 0.15) is 26.5 Å². The van der Waals surface area contributed by atoms with E-state index in [-0.39, 0.29) is 5.91 Å². The number of ether oxygens (including phenoxy) is 1.